The summed E-state index contributed by atoms with van der Waals surface area (Å²) in [4.78, 5) is 10.2. The van der Waals surface area contributed by atoms with Gasteiger partial charge in [-0.3, -0.25) is 0 Å². The highest BCUT2D eigenvalue weighted by atomic mass is 32.1. The Morgan fingerprint density at radius 2 is 1.20 bits per heavy atom. The molecule has 1 aliphatic rings. The van der Waals surface area contributed by atoms with E-state index in [1.807, 2.05) is 41.4 Å². The second-order valence-corrected chi connectivity index (χ2v) is 16.8. The smallest absolute Gasteiger partial charge is 0.182 e. The Morgan fingerprint density at radius 3 is 2.05 bits per heavy atom. The van der Waals surface area contributed by atoms with E-state index in [9.17, 15) is 0 Å². The first-order valence-corrected chi connectivity index (χ1v) is 20.9. The van der Waals surface area contributed by atoms with E-state index in [1.165, 1.54) is 36.9 Å². The molecule has 0 radical (unpaired) electrons. The third kappa shape index (κ3) is 5.79. The van der Waals surface area contributed by atoms with Gasteiger partial charge in [-0.05, 0) is 88.6 Å². The zero-order valence-electron chi connectivity index (χ0n) is 33.1. The van der Waals surface area contributed by atoms with Gasteiger partial charge in [0.15, 0.2) is 11.7 Å². The number of hydrogen-bond acceptors (Lipinski definition) is 4. The summed E-state index contributed by atoms with van der Waals surface area (Å²) >= 11 is 1.80. The molecule has 10 aromatic rings. The lowest BCUT2D eigenvalue weighted by molar-refractivity contribution is 0.660. The molecule has 60 heavy (non-hydrogen) atoms. The van der Waals surface area contributed by atoms with Crippen LogP contribution >= 0.6 is 11.3 Å². The molecule has 6 heteroatoms. The van der Waals surface area contributed by atoms with Crippen LogP contribution in [-0.2, 0) is 5.41 Å². The minimum absolute atomic E-state index is 0.195. The van der Waals surface area contributed by atoms with Crippen molar-refractivity contribution >= 4 is 83.2 Å². The molecule has 2 aromatic heterocycles. The standard InChI is InChI=1S/C54H38N4OS/c1-54(2)44-22-10-7-18-39(44)50-41(20-13-23-45(50)54)52(55-3)56-53(42-21-14-25-47-51(42)40-19-8-11-24-46(40)59-47)57-58(36-29-27-35(28-30-36)34-15-5-4-6-16-34)37-31-32-49-43(33-37)38-17-9-12-26-48(38)60-49/h4-33H,3H2,1-2H3/b56-52-,57-53-. The fourth-order valence-electron chi connectivity index (χ4n) is 8.95. The first-order valence-electron chi connectivity index (χ1n) is 20.1. The van der Waals surface area contributed by atoms with Gasteiger partial charge >= 0.3 is 0 Å². The van der Waals surface area contributed by atoms with E-state index in [4.69, 9.17) is 19.5 Å². The predicted molar refractivity (Wildman–Crippen MR) is 254 cm³/mol. The molecular formula is C54H38N4OS. The van der Waals surface area contributed by atoms with Crippen molar-refractivity contribution in [2.75, 3.05) is 5.01 Å². The van der Waals surface area contributed by atoms with Crippen LogP contribution in [0.3, 0.4) is 0 Å². The van der Waals surface area contributed by atoms with Crippen molar-refractivity contribution in [3.05, 3.63) is 204 Å². The number of nitrogens with zero attached hydrogens (tertiary/aromatic N) is 4. The van der Waals surface area contributed by atoms with Crippen LogP contribution in [-0.4, -0.2) is 18.4 Å². The molecule has 0 aliphatic heterocycles. The second kappa shape index (κ2) is 14.2. The van der Waals surface area contributed by atoms with Crippen molar-refractivity contribution in [2.45, 2.75) is 19.3 Å². The Kier molecular flexibility index (Phi) is 8.43. The normalized spacial score (nSPS) is 13.6. The van der Waals surface area contributed by atoms with Crippen LogP contribution in [0.4, 0.5) is 11.4 Å². The quantitative estimate of drug-likeness (QED) is 0.0957. The number of benzene rings is 8. The number of hydrogen-bond donors (Lipinski definition) is 0. The number of aliphatic imine (C=N–C) groups is 2. The van der Waals surface area contributed by atoms with Gasteiger partial charge in [0.1, 0.15) is 11.2 Å². The SMILES string of the molecule is C=N/C(=N\C(=N/N(c1ccc(-c2ccccc2)cc1)c1ccc2sc3ccccc3c2c1)c1cccc2oc3ccccc3c12)c1cccc2c1-c1ccccc1C2(C)C. The van der Waals surface area contributed by atoms with Crippen LogP contribution in [0.5, 0.6) is 0 Å². The third-order valence-corrected chi connectivity index (χ3v) is 13.0. The maximum absolute atomic E-state index is 6.44. The molecule has 0 spiro atoms. The molecule has 8 aromatic carbocycles. The molecule has 0 fully saturated rings. The average molecular weight is 791 g/mol. The molecular weight excluding hydrogens is 753 g/mol. The van der Waals surface area contributed by atoms with Crippen molar-refractivity contribution < 1.29 is 4.42 Å². The number of hydrazone groups is 1. The van der Waals surface area contributed by atoms with Crippen LogP contribution in [0, 0.1) is 0 Å². The van der Waals surface area contributed by atoms with E-state index in [0.717, 1.165) is 61.1 Å². The lowest BCUT2D eigenvalue weighted by Crippen LogP contribution is -2.16. The van der Waals surface area contributed by atoms with E-state index in [-0.39, 0.29) is 5.41 Å². The summed E-state index contributed by atoms with van der Waals surface area (Å²) < 4.78 is 8.91. The predicted octanol–water partition coefficient (Wildman–Crippen LogP) is 14.6. The van der Waals surface area contributed by atoms with Gasteiger partial charge in [-0.25, -0.2) is 15.0 Å². The maximum atomic E-state index is 6.44. The van der Waals surface area contributed by atoms with E-state index in [1.54, 1.807) is 11.3 Å². The van der Waals surface area contributed by atoms with Gasteiger partial charge in [-0.2, -0.15) is 0 Å². The van der Waals surface area contributed by atoms with Crippen molar-refractivity contribution in [1.82, 2.24) is 0 Å². The first kappa shape index (κ1) is 35.7. The zero-order chi connectivity index (χ0) is 40.4. The second-order valence-electron chi connectivity index (χ2n) is 15.7. The van der Waals surface area contributed by atoms with Gasteiger partial charge in [0, 0.05) is 47.5 Å². The van der Waals surface area contributed by atoms with Gasteiger partial charge in [-0.1, -0.05) is 147 Å². The number of thiophene rings is 1. The van der Waals surface area contributed by atoms with Gasteiger partial charge in [0.25, 0.3) is 0 Å². The molecule has 5 nitrogen and oxygen atoms in total. The number of para-hydroxylation sites is 1. The number of furan rings is 1. The number of amidine groups is 2. The summed E-state index contributed by atoms with van der Waals surface area (Å²) in [6, 6.07) is 63.5. The number of rotatable bonds is 6. The van der Waals surface area contributed by atoms with E-state index in [2.05, 4.69) is 166 Å². The molecule has 0 saturated heterocycles. The largest absolute Gasteiger partial charge is 0.456 e. The average Bonchev–Trinajstić information content (AvgIpc) is 3.94. The van der Waals surface area contributed by atoms with Gasteiger partial charge in [0.2, 0.25) is 0 Å². The van der Waals surface area contributed by atoms with Crippen molar-refractivity contribution in [3.63, 3.8) is 0 Å². The van der Waals surface area contributed by atoms with Gasteiger partial charge in [-0.15, -0.1) is 16.4 Å². The number of fused-ring (bicyclic) bond motifs is 9. The highest BCUT2D eigenvalue weighted by Gasteiger charge is 2.37. The Balaban J connectivity index is 1.18. The minimum atomic E-state index is -0.195. The first-order chi connectivity index (χ1) is 29.5. The maximum Gasteiger partial charge on any atom is 0.182 e. The van der Waals surface area contributed by atoms with E-state index in [0.29, 0.717) is 11.7 Å². The highest BCUT2D eigenvalue weighted by molar-refractivity contribution is 7.25. The molecule has 286 valence electrons. The lowest BCUT2D eigenvalue weighted by Gasteiger charge is -2.22. The van der Waals surface area contributed by atoms with E-state index < -0.39 is 0 Å². The van der Waals surface area contributed by atoms with Crippen LogP contribution in [0.25, 0.3) is 64.4 Å². The summed E-state index contributed by atoms with van der Waals surface area (Å²) in [6.45, 7) is 8.70. The lowest BCUT2D eigenvalue weighted by atomic mass is 9.82. The highest BCUT2D eigenvalue weighted by Crippen LogP contribution is 2.50. The monoisotopic (exact) mass is 790 g/mol. The topological polar surface area (TPSA) is 53.5 Å². The van der Waals surface area contributed by atoms with Crippen molar-refractivity contribution in [1.29, 1.82) is 0 Å². The Hall–Kier alpha value is -7.41. The molecule has 0 saturated carbocycles. The molecule has 0 amide bonds. The third-order valence-electron chi connectivity index (χ3n) is 11.9. The summed E-state index contributed by atoms with van der Waals surface area (Å²) in [7, 11) is 0. The Bertz CT molecular complexity index is 3370. The fraction of sp³-hybridized carbons (Fsp3) is 0.0556. The van der Waals surface area contributed by atoms with Gasteiger partial charge in [0.05, 0.1) is 11.4 Å². The molecule has 2 heterocycles. The van der Waals surface area contributed by atoms with E-state index >= 15 is 0 Å². The van der Waals surface area contributed by atoms with Crippen LogP contribution < -0.4 is 5.01 Å². The molecule has 11 rings (SSSR count). The summed E-state index contributed by atoms with van der Waals surface area (Å²) in [5.74, 6) is 0.960. The number of anilines is 2. The summed E-state index contributed by atoms with van der Waals surface area (Å²) in [5, 5.41) is 11.9. The molecule has 0 unspecified atom stereocenters. The summed E-state index contributed by atoms with van der Waals surface area (Å²) in [5.41, 5.74) is 12.0. The molecule has 0 bridgehead atoms. The van der Waals surface area contributed by atoms with Crippen molar-refractivity contribution in [3.8, 4) is 22.3 Å². The fourth-order valence-corrected chi connectivity index (χ4v) is 10.0. The Labute approximate surface area is 351 Å². The van der Waals surface area contributed by atoms with Crippen molar-refractivity contribution in [2.24, 2.45) is 15.1 Å². The molecule has 1 aliphatic carbocycles. The van der Waals surface area contributed by atoms with Crippen LogP contribution in [0.2, 0.25) is 0 Å². The minimum Gasteiger partial charge on any atom is -0.456 e. The van der Waals surface area contributed by atoms with Crippen LogP contribution in [0.15, 0.2) is 201 Å². The molecule has 0 N–H and O–H groups in total. The zero-order valence-corrected chi connectivity index (χ0v) is 33.9. The Morgan fingerprint density at radius 1 is 0.550 bits per heavy atom. The summed E-state index contributed by atoms with van der Waals surface area (Å²) in [6.07, 6.45) is 0. The molecule has 0 atom stereocenters. The van der Waals surface area contributed by atoms with Gasteiger partial charge < -0.3 is 4.42 Å². The van der Waals surface area contributed by atoms with Crippen LogP contribution in [0.1, 0.15) is 36.1 Å².